The molecule has 1 amide bonds. The van der Waals surface area contributed by atoms with Crippen molar-refractivity contribution in [2.24, 2.45) is 0 Å². The fraction of sp³-hybridized carbons (Fsp3) is 0.300. The van der Waals surface area contributed by atoms with Crippen LogP contribution in [0.25, 0.3) is 0 Å². The van der Waals surface area contributed by atoms with E-state index in [1.807, 2.05) is 0 Å². The van der Waals surface area contributed by atoms with Gasteiger partial charge in [0.05, 0.1) is 5.69 Å². The number of para-hydroxylation sites is 1. The Balaban J connectivity index is 2.91. The molecular formula is C10H9F4NO2. The molecule has 0 saturated carbocycles. The fourth-order valence-electron chi connectivity index (χ4n) is 0.935. The third-order valence-electron chi connectivity index (χ3n) is 2.12. The van der Waals surface area contributed by atoms with Crippen molar-refractivity contribution in [2.75, 3.05) is 5.32 Å². The Morgan fingerprint density at radius 1 is 1.29 bits per heavy atom. The van der Waals surface area contributed by atoms with Gasteiger partial charge < -0.3 is 10.4 Å². The summed E-state index contributed by atoms with van der Waals surface area (Å²) in [5.74, 6) is -2.63. The maximum Gasteiger partial charge on any atom is 0.426 e. The zero-order valence-electron chi connectivity index (χ0n) is 8.68. The topological polar surface area (TPSA) is 49.3 Å². The number of carbonyl (C=O) groups is 1. The number of amides is 1. The van der Waals surface area contributed by atoms with Crippen LogP contribution in [0.3, 0.4) is 0 Å². The van der Waals surface area contributed by atoms with Crippen LogP contribution in [-0.4, -0.2) is 22.8 Å². The Kier molecular flexibility index (Phi) is 3.42. The Morgan fingerprint density at radius 3 is 2.29 bits per heavy atom. The van der Waals surface area contributed by atoms with Gasteiger partial charge in [-0.05, 0) is 19.1 Å². The quantitative estimate of drug-likeness (QED) is 0.790. The minimum absolute atomic E-state index is 0.295. The molecule has 94 valence electrons. The first kappa shape index (κ1) is 13.4. The third kappa shape index (κ3) is 2.73. The third-order valence-corrected chi connectivity index (χ3v) is 2.12. The number of carbonyl (C=O) groups excluding carboxylic acids is 1. The van der Waals surface area contributed by atoms with Crippen molar-refractivity contribution in [3.05, 3.63) is 30.1 Å². The monoisotopic (exact) mass is 251 g/mol. The molecule has 0 saturated heterocycles. The Labute approximate surface area is 94.1 Å². The average molecular weight is 251 g/mol. The molecule has 1 atom stereocenters. The summed E-state index contributed by atoms with van der Waals surface area (Å²) in [7, 11) is 0. The van der Waals surface area contributed by atoms with Gasteiger partial charge in [0.2, 0.25) is 5.60 Å². The number of aliphatic hydroxyl groups is 1. The molecule has 0 bridgehead atoms. The second-order valence-corrected chi connectivity index (χ2v) is 3.50. The molecule has 0 aromatic heterocycles. The van der Waals surface area contributed by atoms with Gasteiger partial charge in [-0.15, -0.1) is 0 Å². The highest BCUT2D eigenvalue weighted by Crippen LogP contribution is 2.31. The molecule has 0 fully saturated rings. The highest BCUT2D eigenvalue weighted by Gasteiger charge is 2.55. The van der Waals surface area contributed by atoms with E-state index in [4.69, 9.17) is 5.11 Å². The molecule has 1 aromatic rings. The van der Waals surface area contributed by atoms with Crippen molar-refractivity contribution in [1.82, 2.24) is 0 Å². The van der Waals surface area contributed by atoms with E-state index in [0.29, 0.717) is 6.92 Å². The molecule has 1 rings (SSSR count). The van der Waals surface area contributed by atoms with Gasteiger partial charge in [0, 0.05) is 0 Å². The first-order chi connectivity index (χ1) is 7.66. The predicted octanol–water partition coefficient (Wildman–Crippen LogP) is 2.08. The van der Waals surface area contributed by atoms with Gasteiger partial charge in [0.15, 0.2) is 0 Å². The fourth-order valence-corrected chi connectivity index (χ4v) is 0.935. The number of anilines is 1. The molecule has 0 aliphatic heterocycles. The smallest absolute Gasteiger partial charge is 0.373 e. The maximum atomic E-state index is 13.1. The number of halogens is 4. The SMILES string of the molecule is CC(O)(C(=O)Nc1ccccc1F)C(F)(F)F. The number of nitrogens with one attached hydrogen (secondary N) is 1. The van der Waals surface area contributed by atoms with Crippen LogP contribution < -0.4 is 5.32 Å². The van der Waals surface area contributed by atoms with Crippen molar-refractivity contribution < 1.29 is 27.5 Å². The molecule has 2 N–H and O–H groups in total. The molecule has 0 heterocycles. The molecule has 0 radical (unpaired) electrons. The van der Waals surface area contributed by atoms with Gasteiger partial charge in [0.1, 0.15) is 5.82 Å². The van der Waals surface area contributed by atoms with E-state index in [2.05, 4.69) is 0 Å². The van der Waals surface area contributed by atoms with Crippen molar-refractivity contribution in [3.63, 3.8) is 0 Å². The van der Waals surface area contributed by atoms with Crippen LogP contribution in [0.5, 0.6) is 0 Å². The average Bonchev–Trinajstić information content (AvgIpc) is 2.19. The second kappa shape index (κ2) is 4.33. The van der Waals surface area contributed by atoms with Crippen LogP contribution in [0.4, 0.5) is 23.2 Å². The minimum Gasteiger partial charge on any atom is -0.373 e. The van der Waals surface area contributed by atoms with Gasteiger partial charge in [-0.25, -0.2) is 4.39 Å². The van der Waals surface area contributed by atoms with E-state index >= 15 is 0 Å². The first-order valence-electron chi connectivity index (χ1n) is 4.51. The number of alkyl halides is 3. The van der Waals surface area contributed by atoms with Crippen molar-refractivity contribution in [2.45, 2.75) is 18.7 Å². The van der Waals surface area contributed by atoms with E-state index in [9.17, 15) is 22.4 Å². The summed E-state index contributed by atoms with van der Waals surface area (Å²) in [4.78, 5) is 11.2. The largest absolute Gasteiger partial charge is 0.426 e. The highest BCUT2D eigenvalue weighted by molar-refractivity contribution is 5.97. The maximum absolute atomic E-state index is 13.1. The first-order valence-corrected chi connectivity index (χ1v) is 4.51. The van der Waals surface area contributed by atoms with Gasteiger partial charge in [-0.1, -0.05) is 12.1 Å². The molecule has 3 nitrogen and oxygen atoms in total. The van der Waals surface area contributed by atoms with Gasteiger partial charge in [-0.2, -0.15) is 13.2 Å². The number of rotatable bonds is 2. The predicted molar refractivity (Wildman–Crippen MR) is 51.7 cm³/mol. The van der Waals surface area contributed by atoms with Crippen LogP contribution in [0, 0.1) is 5.82 Å². The molecule has 1 aromatic carbocycles. The molecule has 0 spiro atoms. The zero-order valence-corrected chi connectivity index (χ0v) is 8.68. The van der Waals surface area contributed by atoms with Crippen LogP contribution in [0.15, 0.2) is 24.3 Å². The van der Waals surface area contributed by atoms with Crippen LogP contribution >= 0.6 is 0 Å². The highest BCUT2D eigenvalue weighted by atomic mass is 19.4. The second-order valence-electron chi connectivity index (χ2n) is 3.50. The summed E-state index contributed by atoms with van der Waals surface area (Å²) in [6.07, 6.45) is -5.14. The molecule has 1 unspecified atom stereocenters. The summed E-state index contributed by atoms with van der Waals surface area (Å²) in [5.41, 5.74) is -4.00. The lowest BCUT2D eigenvalue weighted by atomic mass is 10.1. The molecule has 7 heteroatoms. The summed E-state index contributed by atoms with van der Waals surface area (Å²) in [6.45, 7) is 0.295. The Hall–Kier alpha value is -1.63. The Bertz CT molecular complexity index is 429. The number of benzene rings is 1. The Morgan fingerprint density at radius 2 is 1.82 bits per heavy atom. The zero-order chi connectivity index (χ0) is 13.3. The molecule has 17 heavy (non-hydrogen) atoms. The summed E-state index contributed by atoms with van der Waals surface area (Å²) < 4.78 is 49.9. The van der Waals surface area contributed by atoms with Gasteiger partial charge >= 0.3 is 6.18 Å². The lowest BCUT2D eigenvalue weighted by Crippen LogP contribution is -2.52. The number of hydrogen-bond acceptors (Lipinski definition) is 2. The standard InChI is InChI=1S/C10H9F4NO2/c1-9(17,10(12,13)14)8(16)15-7-5-3-2-4-6(7)11/h2-5,17H,1H3,(H,15,16). The minimum atomic E-state index is -5.14. The lowest BCUT2D eigenvalue weighted by molar-refractivity contribution is -0.242. The normalized spacial score (nSPS) is 15.2. The lowest BCUT2D eigenvalue weighted by Gasteiger charge is -2.24. The van der Waals surface area contributed by atoms with Gasteiger partial charge in [0.25, 0.3) is 5.91 Å². The van der Waals surface area contributed by atoms with Crippen LogP contribution in [-0.2, 0) is 4.79 Å². The van der Waals surface area contributed by atoms with E-state index in [0.717, 1.165) is 12.1 Å². The summed E-state index contributed by atoms with van der Waals surface area (Å²) in [6, 6.07) is 4.70. The summed E-state index contributed by atoms with van der Waals surface area (Å²) in [5, 5.41) is 10.7. The molecule has 0 aliphatic carbocycles. The van der Waals surface area contributed by atoms with Gasteiger partial charge in [-0.3, -0.25) is 4.79 Å². The van der Waals surface area contributed by atoms with Crippen LogP contribution in [0.2, 0.25) is 0 Å². The molecule has 0 aliphatic rings. The van der Waals surface area contributed by atoms with E-state index < -0.39 is 29.2 Å². The molecular weight excluding hydrogens is 242 g/mol. The van der Waals surface area contributed by atoms with E-state index in [1.165, 1.54) is 12.1 Å². The van der Waals surface area contributed by atoms with E-state index in [-0.39, 0.29) is 0 Å². The van der Waals surface area contributed by atoms with Crippen molar-refractivity contribution >= 4 is 11.6 Å². The van der Waals surface area contributed by atoms with Crippen molar-refractivity contribution in [3.8, 4) is 0 Å². The van der Waals surface area contributed by atoms with Crippen LogP contribution in [0.1, 0.15) is 6.92 Å². The van der Waals surface area contributed by atoms with Crippen molar-refractivity contribution in [1.29, 1.82) is 0 Å². The van der Waals surface area contributed by atoms with E-state index in [1.54, 1.807) is 5.32 Å². The summed E-state index contributed by atoms with van der Waals surface area (Å²) >= 11 is 0. The number of hydrogen-bond donors (Lipinski definition) is 2.